The van der Waals surface area contributed by atoms with Crippen LogP contribution in [0, 0.1) is 5.82 Å². The summed E-state index contributed by atoms with van der Waals surface area (Å²) >= 11 is 0. The Morgan fingerprint density at radius 1 is 1.14 bits per heavy atom. The molecular formula is C21H25FN4O2S. The van der Waals surface area contributed by atoms with Gasteiger partial charge in [0.25, 0.3) is 0 Å². The van der Waals surface area contributed by atoms with E-state index >= 15 is 0 Å². The number of guanidine groups is 1. The molecule has 29 heavy (non-hydrogen) atoms. The number of rotatable bonds is 8. The van der Waals surface area contributed by atoms with E-state index in [0.29, 0.717) is 23.9 Å². The fourth-order valence-electron chi connectivity index (χ4n) is 3.05. The number of aliphatic imine (C=N–C) groups is 1. The number of H-pyrrole nitrogens is 1. The highest BCUT2D eigenvalue weighted by Crippen LogP contribution is 2.19. The van der Waals surface area contributed by atoms with Gasteiger partial charge in [-0.25, -0.2) is 12.8 Å². The molecule has 0 aliphatic heterocycles. The summed E-state index contributed by atoms with van der Waals surface area (Å²) in [5, 5.41) is 7.33. The highest BCUT2D eigenvalue weighted by molar-refractivity contribution is 7.91. The van der Waals surface area contributed by atoms with Crippen LogP contribution in [0.2, 0.25) is 0 Å². The minimum absolute atomic E-state index is 0.0540. The monoisotopic (exact) mass is 416 g/mol. The van der Waals surface area contributed by atoms with Crippen LogP contribution in [0.25, 0.3) is 10.9 Å². The summed E-state index contributed by atoms with van der Waals surface area (Å²) < 4.78 is 38.0. The average Bonchev–Trinajstić information content (AvgIpc) is 3.10. The highest BCUT2D eigenvalue weighted by atomic mass is 32.2. The quantitative estimate of drug-likeness (QED) is 0.389. The molecule has 2 aromatic carbocycles. The molecule has 1 aromatic heterocycles. The van der Waals surface area contributed by atoms with Gasteiger partial charge in [0.1, 0.15) is 5.82 Å². The fourth-order valence-corrected chi connectivity index (χ4v) is 4.19. The zero-order valence-corrected chi connectivity index (χ0v) is 17.1. The van der Waals surface area contributed by atoms with Gasteiger partial charge in [-0.3, -0.25) is 4.99 Å². The second-order valence-corrected chi connectivity index (χ2v) is 8.68. The Morgan fingerprint density at radius 2 is 1.93 bits per heavy atom. The molecule has 3 aromatic rings. The second-order valence-electron chi connectivity index (χ2n) is 6.57. The molecule has 0 radical (unpaired) electrons. The molecular weight excluding hydrogens is 391 g/mol. The first-order valence-corrected chi connectivity index (χ1v) is 11.2. The predicted octanol–water partition coefficient (Wildman–Crippen LogP) is 2.88. The van der Waals surface area contributed by atoms with E-state index in [-0.39, 0.29) is 18.1 Å². The van der Waals surface area contributed by atoms with Crippen molar-refractivity contribution in [1.29, 1.82) is 0 Å². The van der Waals surface area contributed by atoms with Crippen LogP contribution in [-0.2, 0) is 16.3 Å². The zero-order chi connectivity index (χ0) is 20.7. The summed E-state index contributed by atoms with van der Waals surface area (Å²) in [6.45, 7) is 3.40. The van der Waals surface area contributed by atoms with Gasteiger partial charge in [0.05, 0.1) is 17.2 Å². The number of aromatic amines is 1. The molecule has 3 rings (SSSR count). The summed E-state index contributed by atoms with van der Waals surface area (Å²) in [6.07, 6.45) is 2.60. The lowest BCUT2D eigenvalue weighted by Gasteiger charge is -2.11. The van der Waals surface area contributed by atoms with Crippen molar-refractivity contribution in [3.05, 3.63) is 66.1 Å². The van der Waals surface area contributed by atoms with Crippen molar-refractivity contribution in [2.24, 2.45) is 4.99 Å². The molecule has 0 saturated heterocycles. The Hall–Kier alpha value is -2.87. The molecule has 6 nitrogen and oxygen atoms in total. The standard InChI is InChI=1S/C21H25FN4O2S/c1-2-23-21(25-12-13-29(27,28)18-6-4-3-5-7-18)24-11-10-16-15-26-20-14-17(22)8-9-19(16)20/h3-9,14-15,26H,2,10-13H2,1H3,(H2,23,24,25). The summed E-state index contributed by atoms with van der Waals surface area (Å²) in [6, 6.07) is 13.1. The fraction of sp³-hybridized carbons (Fsp3) is 0.286. The molecule has 3 N–H and O–H groups in total. The van der Waals surface area contributed by atoms with E-state index in [1.165, 1.54) is 12.1 Å². The number of benzene rings is 2. The van der Waals surface area contributed by atoms with E-state index in [2.05, 4.69) is 20.6 Å². The summed E-state index contributed by atoms with van der Waals surface area (Å²) in [5.41, 5.74) is 1.85. The van der Waals surface area contributed by atoms with Crippen molar-refractivity contribution < 1.29 is 12.8 Å². The number of nitrogens with zero attached hydrogens (tertiary/aromatic N) is 1. The summed E-state index contributed by atoms with van der Waals surface area (Å²) in [7, 11) is -3.35. The van der Waals surface area contributed by atoms with Crippen LogP contribution in [-0.4, -0.2) is 44.7 Å². The lowest BCUT2D eigenvalue weighted by atomic mass is 10.1. The molecule has 0 fully saturated rings. The van der Waals surface area contributed by atoms with Crippen LogP contribution in [0.5, 0.6) is 0 Å². The molecule has 0 aliphatic carbocycles. The third-order valence-electron chi connectivity index (χ3n) is 4.49. The minimum atomic E-state index is -3.35. The molecule has 0 aliphatic rings. The maximum absolute atomic E-state index is 13.3. The van der Waals surface area contributed by atoms with Crippen LogP contribution < -0.4 is 10.6 Å². The van der Waals surface area contributed by atoms with Crippen molar-refractivity contribution >= 4 is 26.7 Å². The van der Waals surface area contributed by atoms with Gasteiger partial charge in [0.15, 0.2) is 15.8 Å². The van der Waals surface area contributed by atoms with Crippen LogP contribution in [0.1, 0.15) is 12.5 Å². The third kappa shape index (κ3) is 5.57. The number of hydrogen-bond donors (Lipinski definition) is 3. The molecule has 0 amide bonds. The number of sulfone groups is 1. The van der Waals surface area contributed by atoms with Gasteiger partial charge in [-0.05, 0) is 49.2 Å². The first-order valence-electron chi connectivity index (χ1n) is 9.55. The molecule has 0 unspecified atom stereocenters. The van der Waals surface area contributed by atoms with Crippen LogP contribution in [0.4, 0.5) is 4.39 Å². The highest BCUT2D eigenvalue weighted by Gasteiger charge is 2.13. The average molecular weight is 417 g/mol. The largest absolute Gasteiger partial charge is 0.361 e. The van der Waals surface area contributed by atoms with E-state index in [9.17, 15) is 12.8 Å². The van der Waals surface area contributed by atoms with Gasteiger partial charge in [0, 0.05) is 30.2 Å². The third-order valence-corrected chi connectivity index (χ3v) is 6.20. The smallest absolute Gasteiger partial charge is 0.191 e. The van der Waals surface area contributed by atoms with Gasteiger partial charge >= 0.3 is 0 Å². The Kier molecular flexibility index (Phi) is 6.87. The Morgan fingerprint density at radius 3 is 2.69 bits per heavy atom. The van der Waals surface area contributed by atoms with Crippen molar-refractivity contribution in [2.45, 2.75) is 18.2 Å². The minimum Gasteiger partial charge on any atom is -0.361 e. The Balaban J connectivity index is 1.56. The lowest BCUT2D eigenvalue weighted by Crippen LogP contribution is -2.38. The topological polar surface area (TPSA) is 86.3 Å². The van der Waals surface area contributed by atoms with Crippen molar-refractivity contribution in [2.75, 3.05) is 25.4 Å². The molecule has 0 atom stereocenters. The number of hydrogen-bond acceptors (Lipinski definition) is 3. The Labute approximate surface area is 170 Å². The van der Waals surface area contributed by atoms with E-state index in [1.807, 2.05) is 13.1 Å². The van der Waals surface area contributed by atoms with Crippen LogP contribution >= 0.6 is 0 Å². The maximum Gasteiger partial charge on any atom is 0.191 e. The van der Waals surface area contributed by atoms with E-state index in [1.54, 1.807) is 36.4 Å². The predicted molar refractivity (Wildman–Crippen MR) is 114 cm³/mol. The van der Waals surface area contributed by atoms with Gasteiger partial charge in [-0.1, -0.05) is 18.2 Å². The molecule has 8 heteroatoms. The van der Waals surface area contributed by atoms with Crippen LogP contribution in [0.15, 0.2) is 64.6 Å². The van der Waals surface area contributed by atoms with E-state index in [0.717, 1.165) is 22.9 Å². The summed E-state index contributed by atoms with van der Waals surface area (Å²) in [4.78, 5) is 7.76. The number of aromatic nitrogens is 1. The molecule has 0 bridgehead atoms. The van der Waals surface area contributed by atoms with Gasteiger partial charge in [-0.2, -0.15) is 0 Å². The zero-order valence-electron chi connectivity index (χ0n) is 16.3. The lowest BCUT2D eigenvalue weighted by molar-refractivity contribution is 0.596. The normalized spacial score (nSPS) is 12.3. The first-order chi connectivity index (χ1) is 14.0. The van der Waals surface area contributed by atoms with E-state index < -0.39 is 9.84 Å². The van der Waals surface area contributed by atoms with Gasteiger partial charge in [0.2, 0.25) is 0 Å². The van der Waals surface area contributed by atoms with E-state index in [4.69, 9.17) is 0 Å². The number of halogens is 1. The summed E-state index contributed by atoms with van der Waals surface area (Å²) in [5.74, 6) is 0.249. The maximum atomic E-state index is 13.3. The Bertz CT molecular complexity index is 1080. The van der Waals surface area contributed by atoms with Crippen molar-refractivity contribution in [1.82, 2.24) is 15.6 Å². The molecule has 1 heterocycles. The van der Waals surface area contributed by atoms with Crippen molar-refractivity contribution in [3.8, 4) is 0 Å². The molecule has 0 saturated carbocycles. The number of nitrogens with one attached hydrogen (secondary N) is 3. The SMILES string of the molecule is CCNC(=NCCS(=O)(=O)c1ccccc1)NCCc1c[nH]c2cc(F)ccc12. The second kappa shape index (κ2) is 9.56. The first kappa shape index (κ1) is 20.9. The molecule has 154 valence electrons. The van der Waals surface area contributed by atoms with Crippen molar-refractivity contribution in [3.63, 3.8) is 0 Å². The van der Waals surface area contributed by atoms with Gasteiger partial charge < -0.3 is 15.6 Å². The molecule has 0 spiro atoms. The van der Waals surface area contributed by atoms with Gasteiger partial charge in [-0.15, -0.1) is 0 Å². The number of fused-ring (bicyclic) bond motifs is 1. The van der Waals surface area contributed by atoms with Crippen LogP contribution in [0.3, 0.4) is 0 Å².